The van der Waals surface area contributed by atoms with Gasteiger partial charge in [0.15, 0.2) is 0 Å². The maximum absolute atomic E-state index is 13.1. The van der Waals surface area contributed by atoms with Gasteiger partial charge in [0.1, 0.15) is 11.5 Å². The lowest BCUT2D eigenvalue weighted by molar-refractivity contribution is -0.140. The molecular formula is C25H29NO5. The average molecular weight is 424 g/mol. The van der Waals surface area contributed by atoms with E-state index in [0.29, 0.717) is 36.4 Å². The molecule has 31 heavy (non-hydrogen) atoms. The Kier molecular flexibility index (Phi) is 7.13. The number of carbonyl (C=O) groups excluding carboxylic acids is 2. The zero-order chi connectivity index (χ0) is 22.5. The number of Topliss-reactive ketones (excluding diaryl/α,β-unsaturated/α-hetero) is 1. The van der Waals surface area contributed by atoms with Crippen LogP contribution in [0.15, 0.2) is 54.1 Å². The van der Waals surface area contributed by atoms with Gasteiger partial charge in [0, 0.05) is 31.4 Å². The van der Waals surface area contributed by atoms with Crippen LogP contribution in [0.5, 0.6) is 5.75 Å². The molecule has 1 fully saturated rings. The first-order chi connectivity index (χ1) is 14.8. The molecule has 164 valence electrons. The molecule has 6 nitrogen and oxygen atoms in total. The smallest absolute Gasteiger partial charge is 0.295 e. The van der Waals surface area contributed by atoms with E-state index in [1.807, 2.05) is 57.2 Å². The fourth-order valence-electron chi connectivity index (χ4n) is 3.75. The number of nitrogens with zero attached hydrogens (tertiary/aromatic N) is 1. The standard InChI is InChI=1S/C25H29NO5/c1-16(2)31-20-9-6-5-8-19(20)22-21(23(27)18-12-10-17(3)11-13-18)24(28)25(29)26(22)14-7-15-30-4/h5-6,8-13,16,22,27H,7,14-15H2,1-4H3/b23-21-. The molecule has 6 heteroatoms. The van der Waals surface area contributed by atoms with Crippen LogP contribution in [-0.2, 0) is 14.3 Å². The van der Waals surface area contributed by atoms with Crippen molar-refractivity contribution in [3.8, 4) is 5.75 Å². The van der Waals surface area contributed by atoms with Crippen molar-refractivity contribution in [1.29, 1.82) is 0 Å². The fraction of sp³-hybridized carbons (Fsp3) is 0.360. The molecule has 2 aromatic carbocycles. The van der Waals surface area contributed by atoms with Crippen LogP contribution in [0.4, 0.5) is 0 Å². The third-order valence-electron chi connectivity index (χ3n) is 5.19. The summed E-state index contributed by atoms with van der Waals surface area (Å²) in [5.74, 6) is -0.929. The molecule has 1 saturated heterocycles. The van der Waals surface area contributed by atoms with Crippen LogP contribution in [0.1, 0.15) is 43.0 Å². The molecule has 0 aliphatic carbocycles. The van der Waals surface area contributed by atoms with E-state index in [-0.39, 0.29) is 17.4 Å². The number of amides is 1. The molecule has 1 N–H and O–H groups in total. The summed E-state index contributed by atoms with van der Waals surface area (Å²) in [5.41, 5.74) is 2.27. The lowest BCUT2D eigenvalue weighted by atomic mass is 9.94. The molecule has 1 atom stereocenters. The Balaban J connectivity index is 2.16. The quantitative estimate of drug-likeness (QED) is 0.297. The Bertz CT molecular complexity index is 978. The van der Waals surface area contributed by atoms with Gasteiger partial charge >= 0.3 is 0 Å². The Morgan fingerprint density at radius 2 is 1.77 bits per heavy atom. The van der Waals surface area contributed by atoms with Gasteiger partial charge in [-0.25, -0.2) is 0 Å². The predicted molar refractivity (Wildman–Crippen MR) is 119 cm³/mol. The minimum absolute atomic E-state index is 0.0751. The summed E-state index contributed by atoms with van der Waals surface area (Å²) in [4.78, 5) is 27.5. The average Bonchev–Trinajstić information content (AvgIpc) is 2.99. The molecule has 0 aromatic heterocycles. The third-order valence-corrected chi connectivity index (χ3v) is 5.19. The van der Waals surface area contributed by atoms with E-state index in [1.165, 1.54) is 4.90 Å². The maximum Gasteiger partial charge on any atom is 0.295 e. The van der Waals surface area contributed by atoms with E-state index < -0.39 is 17.7 Å². The number of likely N-dealkylation sites (tertiary alicyclic amines) is 1. The van der Waals surface area contributed by atoms with Crippen LogP contribution in [-0.4, -0.2) is 48.1 Å². The molecule has 3 rings (SSSR count). The highest BCUT2D eigenvalue weighted by atomic mass is 16.5. The number of ketones is 1. The first kappa shape index (κ1) is 22.6. The normalized spacial score (nSPS) is 18.1. The zero-order valence-corrected chi connectivity index (χ0v) is 18.4. The number of aryl methyl sites for hydroxylation is 1. The van der Waals surface area contributed by atoms with Gasteiger partial charge in [0.25, 0.3) is 11.7 Å². The second-order valence-corrected chi connectivity index (χ2v) is 7.91. The highest BCUT2D eigenvalue weighted by Gasteiger charge is 2.46. The molecule has 0 bridgehead atoms. The summed E-state index contributed by atoms with van der Waals surface area (Å²) in [5, 5.41) is 11.1. The van der Waals surface area contributed by atoms with E-state index in [0.717, 1.165) is 5.56 Å². The minimum Gasteiger partial charge on any atom is -0.507 e. The molecule has 1 aliphatic heterocycles. The van der Waals surface area contributed by atoms with Crippen LogP contribution in [0.2, 0.25) is 0 Å². The largest absolute Gasteiger partial charge is 0.507 e. The minimum atomic E-state index is -0.742. The number of hydrogen-bond acceptors (Lipinski definition) is 5. The van der Waals surface area contributed by atoms with Gasteiger partial charge in [0.2, 0.25) is 0 Å². The second-order valence-electron chi connectivity index (χ2n) is 7.91. The summed E-state index contributed by atoms with van der Waals surface area (Å²) in [7, 11) is 1.59. The second kappa shape index (κ2) is 9.79. The van der Waals surface area contributed by atoms with Crippen molar-refractivity contribution in [2.24, 2.45) is 0 Å². The van der Waals surface area contributed by atoms with Crippen molar-refractivity contribution in [3.63, 3.8) is 0 Å². The molecule has 1 amide bonds. The van der Waals surface area contributed by atoms with Crippen molar-refractivity contribution < 1.29 is 24.2 Å². The van der Waals surface area contributed by atoms with Gasteiger partial charge in [-0.2, -0.15) is 0 Å². The monoisotopic (exact) mass is 423 g/mol. The van der Waals surface area contributed by atoms with Gasteiger partial charge in [0.05, 0.1) is 17.7 Å². The number of para-hydroxylation sites is 1. The summed E-state index contributed by atoms with van der Waals surface area (Å²) in [6.45, 7) is 6.55. The molecule has 2 aromatic rings. The van der Waals surface area contributed by atoms with Gasteiger partial charge in [-0.05, 0) is 33.3 Å². The van der Waals surface area contributed by atoms with Crippen LogP contribution in [0, 0.1) is 6.92 Å². The van der Waals surface area contributed by atoms with Gasteiger partial charge in [-0.1, -0.05) is 48.0 Å². The molecule has 0 radical (unpaired) electrons. The summed E-state index contributed by atoms with van der Waals surface area (Å²) in [6, 6.07) is 13.8. The van der Waals surface area contributed by atoms with Crippen molar-refractivity contribution in [3.05, 3.63) is 70.8 Å². The molecule has 0 saturated carbocycles. The number of aliphatic hydroxyl groups is 1. The number of carbonyl (C=O) groups is 2. The molecular weight excluding hydrogens is 394 g/mol. The molecule has 0 spiro atoms. The Labute approximate surface area is 183 Å². The van der Waals surface area contributed by atoms with E-state index in [9.17, 15) is 14.7 Å². The predicted octanol–water partition coefficient (Wildman–Crippen LogP) is 4.24. The number of rotatable bonds is 8. The molecule has 1 heterocycles. The number of benzene rings is 2. The lowest BCUT2D eigenvalue weighted by Crippen LogP contribution is -2.31. The van der Waals surface area contributed by atoms with Crippen LogP contribution in [0.3, 0.4) is 0 Å². The maximum atomic E-state index is 13.1. The van der Waals surface area contributed by atoms with Gasteiger partial charge in [-0.15, -0.1) is 0 Å². The van der Waals surface area contributed by atoms with E-state index >= 15 is 0 Å². The zero-order valence-electron chi connectivity index (χ0n) is 18.4. The highest BCUT2D eigenvalue weighted by Crippen LogP contribution is 2.42. The number of hydrogen-bond donors (Lipinski definition) is 1. The Hall–Kier alpha value is -3.12. The molecule has 1 aliphatic rings. The SMILES string of the molecule is COCCCN1C(=O)C(=O)/C(=C(\O)c2ccc(C)cc2)C1c1ccccc1OC(C)C. The summed E-state index contributed by atoms with van der Waals surface area (Å²) in [6.07, 6.45) is 0.478. The summed E-state index contributed by atoms with van der Waals surface area (Å²) >= 11 is 0. The highest BCUT2D eigenvalue weighted by molar-refractivity contribution is 6.46. The van der Waals surface area contributed by atoms with Gasteiger partial charge in [-0.3, -0.25) is 9.59 Å². The Morgan fingerprint density at radius 1 is 1.10 bits per heavy atom. The van der Waals surface area contributed by atoms with E-state index in [2.05, 4.69) is 0 Å². The van der Waals surface area contributed by atoms with Crippen LogP contribution < -0.4 is 4.74 Å². The number of ether oxygens (including phenoxy) is 2. The number of aliphatic hydroxyl groups excluding tert-OH is 1. The summed E-state index contributed by atoms with van der Waals surface area (Å²) < 4.78 is 11.1. The van der Waals surface area contributed by atoms with Crippen molar-refractivity contribution in [2.45, 2.75) is 39.3 Å². The molecule has 1 unspecified atom stereocenters. The van der Waals surface area contributed by atoms with E-state index in [1.54, 1.807) is 19.2 Å². The van der Waals surface area contributed by atoms with Crippen LogP contribution >= 0.6 is 0 Å². The van der Waals surface area contributed by atoms with Crippen molar-refractivity contribution in [2.75, 3.05) is 20.3 Å². The number of methoxy groups -OCH3 is 1. The topological polar surface area (TPSA) is 76.1 Å². The van der Waals surface area contributed by atoms with E-state index in [4.69, 9.17) is 9.47 Å². The lowest BCUT2D eigenvalue weighted by Gasteiger charge is -2.27. The van der Waals surface area contributed by atoms with Gasteiger partial charge < -0.3 is 19.5 Å². The third kappa shape index (κ3) is 4.80. The first-order valence-electron chi connectivity index (χ1n) is 10.4. The Morgan fingerprint density at radius 3 is 2.42 bits per heavy atom. The fourth-order valence-corrected chi connectivity index (χ4v) is 3.75. The first-order valence-corrected chi connectivity index (χ1v) is 10.4. The van der Waals surface area contributed by atoms with Crippen molar-refractivity contribution >= 4 is 17.4 Å². The van der Waals surface area contributed by atoms with Crippen molar-refractivity contribution in [1.82, 2.24) is 4.90 Å². The van der Waals surface area contributed by atoms with Crippen LogP contribution in [0.25, 0.3) is 5.76 Å².